The van der Waals surface area contributed by atoms with Gasteiger partial charge in [0.25, 0.3) is 5.91 Å². The lowest BCUT2D eigenvalue weighted by atomic mass is 10.1. The lowest BCUT2D eigenvalue weighted by molar-refractivity contribution is -0.137. The van der Waals surface area contributed by atoms with E-state index in [1.54, 1.807) is 6.92 Å². The van der Waals surface area contributed by atoms with Crippen LogP contribution >= 0.6 is 11.3 Å². The second kappa shape index (κ2) is 7.93. The number of carbonyl (C=O) groups is 1. The first-order chi connectivity index (χ1) is 13.2. The lowest BCUT2D eigenvalue weighted by Crippen LogP contribution is -2.22. The Balaban J connectivity index is 1.66. The Hall–Kier alpha value is -3.01. The number of halogens is 4. The minimum Gasteiger partial charge on any atom is -0.347 e. The van der Waals surface area contributed by atoms with E-state index in [-0.39, 0.29) is 6.54 Å². The number of carbonyl (C=O) groups excluding carboxylic acids is 1. The molecule has 0 radical (unpaired) electrons. The van der Waals surface area contributed by atoms with E-state index in [2.05, 4.69) is 20.6 Å². The van der Waals surface area contributed by atoms with E-state index < -0.39 is 23.5 Å². The molecule has 1 amide bonds. The van der Waals surface area contributed by atoms with Gasteiger partial charge in [0.15, 0.2) is 5.13 Å². The fraction of sp³-hybridized carbons (Fsp3) is 0.167. The SMILES string of the molecule is Cc1nc(Nc2ccc(F)cn2)sc1C(=O)NCc1cccc(C(F)(F)F)c1. The summed E-state index contributed by atoms with van der Waals surface area (Å²) < 4.78 is 51.2. The molecular formula is C18H14F4N4OS. The van der Waals surface area contributed by atoms with Crippen molar-refractivity contribution in [3.8, 4) is 0 Å². The predicted molar refractivity (Wildman–Crippen MR) is 96.9 cm³/mol. The number of hydrogen-bond acceptors (Lipinski definition) is 5. The maximum atomic E-state index is 12.9. The van der Waals surface area contributed by atoms with Gasteiger partial charge >= 0.3 is 6.18 Å². The molecule has 1 aromatic carbocycles. The molecule has 0 saturated carbocycles. The van der Waals surface area contributed by atoms with Crippen LogP contribution in [0.2, 0.25) is 0 Å². The first kappa shape index (κ1) is 19.7. The van der Waals surface area contributed by atoms with Crippen LogP contribution in [0, 0.1) is 12.7 Å². The van der Waals surface area contributed by atoms with Crippen molar-refractivity contribution in [1.29, 1.82) is 0 Å². The summed E-state index contributed by atoms with van der Waals surface area (Å²) in [6.07, 6.45) is -3.39. The molecule has 0 atom stereocenters. The Kier molecular flexibility index (Phi) is 5.59. The third-order valence-corrected chi connectivity index (χ3v) is 4.74. The van der Waals surface area contributed by atoms with Crippen LogP contribution < -0.4 is 10.6 Å². The van der Waals surface area contributed by atoms with Gasteiger partial charge in [0.05, 0.1) is 17.5 Å². The normalized spacial score (nSPS) is 11.3. The van der Waals surface area contributed by atoms with E-state index >= 15 is 0 Å². The summed E-state index contributed by atoms with van der Waals surface area (Å²) in [7, 11) is 0. The number of thiazole rings is 1. The molecule has 146 valence electrons. The van der Waals surface area contributed by atoms with Gasteiger partial charge in [-0.15, -0.1) is 0 Å². The Labute approximate surface area is 161 Å². The van der Waals surface area contributed by atoms with Gasteiger partial charge in [-0.05, 0) is 36.8 Å². The van der Waals surface area contributed by atoms with Gasteiger partial charge in [-0.25, -0.2) is 14.4 Å². The number of hydrogen-bond donors (Lipinski definition) is 2. The first-order valence-corrected chi connectivity index (χ1v) is 8.84. The zero-order valence-electron chi connectivity index (χ0n) is 14.5. The second-order valence-corrected chi connectivity index (χ2v) is 6.80. The van der Waals surface area contributed by atoms with Gasteiger partial charge in [0.2, 0.25) is 0 Å². The highest BCUT2D eigenvalue weighted by molar-refractivity contribution is 7.17. The number of rotatable bonds is 5. The van der Waals surface area contributed by atoms with E-state index in [1.807, 2.05) is 0 Å². The number of nitrogens with one attached hydrogen (secondary N) is 2. The van der Waals surface area contributed by atoms with Gasteiger partial charge in [-0.1, -0.05) is 23.5 Å². The fourth-order valence-corrected chi connectivity index (χ4v) is 3.23. The summed E-state index contributed by atoms with van der Waals surface area (Å²) in [5.41, 5.74) is 0.0156. The molecule has 5 nitrogen and oxygen atoms in total. The molecule has 0 spiro atoms. The lowest BCUT2D eigenvalue weighted by Gasteiger charge is -2.09. The zero-order chi connectivity index (χ0) is 20.3. The molecule has 0 bridgehead atoms. The second-order valence-electron chi connectivity index (χ2n) is 5.80. The smallest absolute Gasteiger partial charge is 0.347 e. The number of benzene rings is 1. The van der Waals surface area contributed by atoms with Crippen molar-refractivity contribution in [1.82, 2.24) is 15.3 Å². The molecular weight excluding hydrogens is 396 g/mol. The summed E-state index contributed by atoms with van der Waals surface area (Å²) in [5, 5.41) is 5.85. The summed E-state index contributed by atoms with van der Waals surface area (Å²) in [6, 6.07) is 7.42. The average molecular weight is 410 g/mol. The summed E-state index contributed by atoms with van der Waals surface area (Å²) >= 11 is 1.06. The molecule has 10 heteroatoms. The van der Waals surface area contributed by atoms with Crippen molar-refractivity contribution < 1.29 is 22.4 Å². The quantitative estimate of drug-likeness (QED) is 0.600. The van der Waals surface area contributed by atoms with E-state index in [0.717, 1.165) is 29.7 Å². The standard InChI is InChI=1S/C18H14F4N4OS/c1-10-15(28-17(25-10)26-14-6-5-13(19)9-23-14)16(27)24-8-11-3-2-4-12(7-11)18(20,21)22/h2-7,9H,8H2,1H3,(H,24,27)(H,23,25,26). The Morgan fingerprint density at radius 1 is 1.21 bits per heavy atom. The molecule has 28 heavy (non-hydrogen) atoms. The van der Waals surface area contributed by atoms with Crippen LogP contribution in [0.3, 0.4) is 0 Å². The highest BCUT2D eigenvalue weighted by atomic mass is 32.1. The van der Waals surface area contributed by atoms with E-state index in [9.17, 15) is 22.4 Å². The minimum absolute atomic E-state index is 0.0532. The van der Waals surface area contributed by atoms with E-state index in [1.165, 1.54) is 24.3 Å². The van der Waals surface area contributed by atoms with Crippen LogP contribution in [0.5, 0.6) is 0 Å². The summed E-state index contributed by atoms with van der Waals surface area (Å²) in [4.78, 5) is 20.8. The molecule has 3 aromatic rings. The van der Waals surface area contributed by atoms with Crippen molar-refractivity contribution in [3.63, 3.8) is 0 Å². The first-order valence-electron chi connectivity index (χ1n) is 8.03. The molecule has 2 heterocycles. The molecule has 0 saturated heterocycles. The molecule has 0 aliphatic rings. The topological polar surface area (TPSA) is 66.9 Å². The molecule has 0 unspecified atom stereocenters. The summed E-state index contributed by atoms with van der Waals surface area (Å²) in [6.45, 7) is 1.58. The van der Waals surface area contributed by atoms with Crippen LogP contribution in [0.1, 0.15) is 26.5 Å². The minimum atomic E-state index is -4.44. The predicted octanol–water partition coefficient (Wildman–Crippen LogP) is 4.68. The monoisotopic (exact) mass is 410 g/mol. The average Bonchev–Trinajstić information content (AvgIpc) is 3.01. The number of aryl methyl sites for hydroxylation is 1. The third kappa shape index (κ3) is 4.83. The van der Waals surface area contributed by atoms with Gasteiger partial charge in [0, 0.05) is 6.54 Å². The largest absolute Gasteiger partial charge is 0.416 e. The van der Waals surface area contributed by atoms with Crippen LogP contribution in [0.25, 0.3) is 0 Å². The number of pyridine rings is 1. The van der Waals surface area contributed by atoms with Crippen molar-refractivity contribution in [2.45, 2.75) is 19.6 Å². The highest BCUT2D eigenvalue weighted by Crippen LogP contribution is 2.29. The molecule has 0 aliphatic carbocycles. The molecule has 2 aromatic heterocycles. The third-order valence-electron chi connectivity index (χ3n) is 3.67. The molecule has 0 fully saturated rings. The fourth-order valence-electron chi connectivity index (χ4n) is 2.34. The van der Waals surface area contributed by atoms with Gasteiger partial charge < -0.3 is 10.6 Å². The van der Waals surface area contributed by atoms with Crippen molar-refractivity contribution >= 4 is 28.2 Å². The van der Waals surface area contributed by atoms with Gasteiger partial charge in [-0.3, -0.25) is 4.79 Å². The zero-order valence-corrected chi connectivity index (χ0v) is 15.3. The number of anilines is 2. The molecule has 3 rings (SSSR count). The van der Waals surface area contributed by atoms with Crippen molar-refractivity contribution in [2.75, 3.05) is 5.32 Å². The van der Waals surface area contributed by atoms with E-state index in [0.29, 0.717) is 27.1 Å². The number of nitrogens with zero attached hydrogens (tertiary/aromatic N) is 2. The van der Waals surface area contributed by atoms with Crippen LogP contribution in [-0.4, -0.2) is 15.9 Å². The van der Waals surface area contributed by atoms with Crippen molar-refractivity contribution in [2.24, 2.45) is 0 Å². The van der Waals surface area contributed by atoms with Crippen LogP contribution in [0.4, 0.5) is 28.5 Å². The summed E-state index contributed by atoms with van der Waals surface area (Å²) in [5.74, 6) is -0.561. The number of alkyl halides is 3. The number of amides is 1. The van der Waals surface area contributed by atoms with Crippen LogP contribution in [0.15, 0.2) is 42.6 Å². The maximum Gasteiger partial charge on any atom is 0.416 e. The Bertz CT molecular complexity index is 986. The van der Waals surface area contributed by atoms with E-state index in [4.69, 9.17) is 0 Å². The van der Waals surface area contributed by atoms with Crippen LogP contribution in [-0.2, 0) is 12.7 Å². The maximum absolute atomic E-state index is 12.9. The number of aromatic nitrogens is 2. The van der Waals surface area contributed by atoms with Gasteiger partial charge in [-0.2, -0.15) is 13.2 Å². The van der Waals surface area contributed by atoms with Crippen molar-refractivity contribution in [3.05, 3.63) is 70.1 Å². The molecule has 2 N–H and O–H groups in total. The highest BCUT2D eigenvalue weighted by Gasteiger charge is 2.30. The Morgan fingerprint density at radius 3 is 2.68 bits per heavy atom. The van der Waals surface area contributed by atoms with Gasteiger partial charge in [0.1, 0.15) is 16.5 Å². The molecule has 0 aliphatic heterocycles. The Morgan fingerprint density at radius 2 is 2.00 bits per heavy atom.